The number of methoxy groups -OCH3 is 2. The average Bonchev–Trinajstić information content (AvgIpc) is 3.48. The summed E-state index contributed by atoms with van der Waals surface area (Å²) in [7, 11) is 2.63. The van der Waals surface area contributed by atoms with Gasteiger partial charge in [-0.3, -0.25) is 9.69 Å². The number of nitrogens with zero attached hydrogens (tertiary/aromatic N) is 1. The Kier molecular flexibility index (Phi) is 7.68. The lowest BCUT2D eigenvalue weighted by atomic mass is 10.1. The quantitative estimate of drug-likeness (QED) is 0.233. The molecule has 12 heteroatoms. The first-order valence-corrected chi connectivity index (χ1v) is 11.4. The number of halogens is 1. The van der Waals surface area contributed by atoms with Crippen molar-refractivity contribution in [2.45, 2.75) is 13.2 Å². The highest BCUT2D eigenvalue weighted by Gasteiger charge is 2.35. The first-order chi connectivity index (χ1) is 18.2. The van der Waals surface area contributed by atoms with Gasteiger partial charge in [0, 0.05) is 16.7 Å². The van der Waals surface area contributed by atoms with Crippen molar-refractivity contribution < 1.29 is 42.9 Å². The SMILES string of the molecule is COC(=O)c1ccc(CN2C(=O)N/C(=C/c3cc(Cl)cc(OC)c3OCc3ccc(C(=O)O)cc3)C2=O)o1. The van der Waals surface area contributed by atoms with Gasteiger partial charge >= 0.3 is 18.0 Å². The molecule has 0 atom stereocenters. The maximum atomic E-state index is 13.0. The van der Waals surface area contributed by atoms with Gasteiger partial charge in [0.1, 0.15) is 18.1 Å². The maximum Gasteiger partial charge on any atom is 0.373 e. The van der Waals surface area contributed by atoms with Gasteiger partial charge in [-0.2, -0.15) is 0 Å². The van der Waals surface area contributed by atoms with Crippen molar-refractivity contribution in [2.75, 3.05) is 14.2 Å². The summed E-state index contributed by atoms with van der Waals surface area (Å²) in [4.78, 5) is 49.2. The van der Waals surface area contributed by atoms with Crippen LogP contribution >= 0.6 is 11.6 Å². The highest BCUT2D eigenvalue weighted by Crippen LogP contribution is 2.37. The molecule has 1 aliphatic rings. The number of carbonyl (C=O) groups excluding carboxylic acids is 3. The van der Waals surface area contributed by atoms with Gasteiger partial charge in [0.05, 0.1) is 26.3 Å². The fourth-order valence-electron chi connectivity index (χ4n) is 3.60. The van der Waals surface area contributed by atoms with E-state index in [2.05, 4.69) is 10.1 Å². The molecule has 2 N–H and O–H groups in total. The summed E-state index contributed by atoms with van der Waals surface area (Å²) in [5.41, 5.74) is 1.13. The van der Waals surface area contributed by atoms with E-state index in [0.29, 0.717) is 16.1 Å². The summed E-state index contributed by atoms with van der Waals surface area (Å²) in [6.07, 6.45) is 1.40. The summed E-state index contributed by atoms with van der Waals surface area (Å²) < 4.78 is 21.3. The zero-order valence-electron chi connectivity index (χ0n) is 20.1. The Morgan fingerprint density at radius 1 is 1.11 bits per heavy atom. The third-order valence-corrected chi connectivity index (χ3v) is 5.69. The Morgan fingerprint density at radius 3 is 2.50 bits per heavy atom. The van der Waals surface area contributed by atoms with Crippen molar-refractivity contribution >= 4 is 41.6 Å². The number of hydrogen-bond acceptors (Lipinski definition) is 8. The van der Waals surface area contributed by atoms with Crippen molar-refractivity contribution in [3.63, 3.8) is 0 Å². The molecule has 0 radical (unpaired) electrons. The van der Waals surface area contributed by atoms with Crippen LogP contribution in [0.1, 0.15) is 37.8 Å². The molecule has 0 bridgehead atoms. The minimum Gasteiger partial charge on any atom is -0.493 e. The van der Waals surface area contributed by atoms with E-state index in [1.807, 2.05) is 0 Å². The fourth-order valence-corrected chi connectivity index (χ4v) is 3.82. The summed E-state index contributed by atoms with van der Waals surface area (Å²) in [5, 5.41) is 11.9. The number of imide groups is 1. The minimum absolute atomic E-state index is 0.0465. The van der Waals surface area contributed by atoms with Crippen LogP contribution in [0.15, 0.2) is 58.6 Å². The molecule has 196 valence electrons. The third-order valence-electron chi connectivity index (χ3n) is 5.48. The number of amides is 3. The van der Waals surface area contributed by atoms with Gasteiger partial charge in [-0.1, -0.05) is 23.7 Å². The monoisotopic (exact) mass is 540 g/mol. The number of aromatic carboxylic acids is 1. The summed E-state index contributed by atoms with van der Waals surface area (Å²) in [5.74, 6) is -1.69. The first-order valence-electron chi connectivity index (χ1n) is 11.0. The molecule has 0 unspecified atom stereocenters. The van der Waals surface area contributed by atoms with E-state index in [1.54, 1.807) is 12.1 Å². The van der Waals surface area contributed by atoms with Crippen LogP contribution in [0.4, 0.5) is 4.79 Å². The van der Waals surface area contributed by atoms with Gasteiger partial charge in [-0.05, 0) is 42.0 Å². The van der Waals surface area contributed by atoms with Crippen LogP contribution in [0.3, 0.4) is 0 Å². The Balaban J connectivity index is 1.57. The molecule has 38 heavy (non-hydrogen) atoms. The summed E-state index contributed by atoms with van der Waals surface area (Å²) >= 11 is 6.24. The lowest BCUT2D eigenvalue weighted by Crippen LogP contribution is -2.30. The van der Waals surface area contributed by atoms with E-state index in [9.17, 15) is 19.2 Å². The molecule has 0 spiro atoms. The first kappa shape index (κ1) is 26.3. The average molecular weight is 541 g/mol. The largest absolute Gasteiger partial charge is 0.493 e. The van der Waals surface area contributed by atoms with Crippen molar-refractivity contribution in [2.24, 2.45) is 0 Å². The van der Waals surface area contributed by atoms with Crippen molar-refractivity contribution in [3.8, 4) is 11.5 Å². The standard InChI is InChI=1S/C26H21ClN2O9/c1-35-21-11-17(27)9-16(22(21)37-13-14-3-5-15(6-4-14)24(31)32)10-19-23(30)29(26(34)28-19)12-18-7-8-20(38-18)25(33)36-2/h3-11H,12-13H2,1-2H3,(H,28,34)(H,31,32)/b19-10+. The normalized spacial score (nSPS) is 14.0. The third kappa shape index (κ3) is 5.62. The molecule has 0 aliphatic carbocycles. The van der Waals surface area contributed by atoms with Crippen LogP contribution in [-0.4, -0.2) is 48.1 Å². The van der Waals surface area contributed by atoms with E-state index in [1.165, 1.54) is 56.7 Å². The highest BCUT2D eigenvalue weighted by atomic mass is 35.5. The second-order valence-electron chi connectivity index (χ2n) is 7.95. The van der Waals surface area contributed by atoms with Crippen molar-refractivity contribution in [1.29, 1.82) is 0 Å². The Hall–Kier alpha value is -4.77. The highest BCUT2D eigenvalue weighted by molar-refractivity contribution is 6.31. The van der Waals surface area contributed by atoms with Crippen LogP contribution in [0, 0.1) is 0 Å². The molecule has 4 rings (SSSR count). The van der Waals surface area contributed by atoms with E-state index >= 15 is 0 Å². The van der Waals surface area contributed by atoms with E-state index in [4.69, 9.17) is 30.6 Å². The number of urea groups is 1. The topological polar surface area (TPSA) is 145 Å². The predicted molar refractivity (Wildman–Crippen MR) is 133 cm³/mol. The minimum atomic E-state index is -1.04. The lowest BCUT2D eigenvalue weighted by Gasteiger charge is -2.15. The number of ether oxygens (including phenoxy) is 3. The predicted octanol–water partition coefficient (Wildman–Crippen LogP) is 4.10. The number of esters is 1. The Labute approximate surface area is 221 Å². The van der Waals surface area contributed by atoms with Crippen molar-refractivity contribution in [1.82, 2.24) is 10.2 Å². The molecular formula is C26H21ClN2O9. The molecule has 1 saturated heterocycles. The number of benzene rings is 2. The number of hydrogen-bond donors (Lipinski definition) is 2. The van der Waals surface area contributed by atoms with Gasteiger partial charge in [-0.25, -0.2) is 14.4 Å². The van der Waals surface area contributed by atoms with Crippen LogP contribution in [0.2, 0.25) is 5.02 Å². The molecule has 2 aromatic carbocycles. The van der Waals surface area contributed by atoms with Crippen LogP contribution in [0.5, 0.6) is 11.5 Å². The van der Waals surface area contributed by atoms with Crippen molar-refractivity contribution in [3.05, 3.63) is 87.5 Å². The van der Waals surface area contributed by atoms with E-state index in [0.717, 1.165) is 4.90 Å². The lowest BCUT2D eigenvalue weighted by molar-refractivity contribution is -0.123. The maximum absolute atomic E-state index is 13.0. The second kappa shape index (κ2) is 11.1. The number of rotatable bonds is 9. The van der Waals surface area contributed by atoms with Gasteiger partial charge < -0.3 is 29.1 Å². The molecule has 0 saturated carbocycles. The zero-order valence-corrected chi connectivity index (χ0v) is 20.9. The van der Waals surface area contributed by atoms with Gasteiger partial charge in [0.15, 0.2) is 11.5 Å². The zero-order chi connectivity index (χ0) is 27.4. The number of carbonyl (C=O) groups is 4. The second-order valence-corrected chi connectivity index (χ2v) is 8.39. The van der Waals surface area contributed by atoms with Crippen LogP contribution in [0.25, 0.3) is 6.08 Å². The van der Waals surface area contributed by atoms with Gasteiger partial charge in [0.2, 0.25) is 5.76 Å². The number of nitrogens with one attached hydrogen (secondary N) is 1. The summed E-state index contributed by atoms with van der Waals surface area (Å²) in [6.45, 7) is -0.158. The molecule has 1 aromatic heterocycles. The molecule has 11 nitrogen and oxygen atoms in total. The molecule has 1 aliphatic heterocycles. The molecule has 3 amide bonds. The molecular weight excluding hydrogens is 520 g/mol. The van der Waals surface area contributed by atoms with E-state index in [-0.39, 0.29) is 47.4 Å². The number of carboxylic acid groups (broad SMARTS) is 1. The number of furan rings is 1. The van der Waals surface area contributed by atoms with E-state index < -0.39 is 23.9 Å². The van der Waals surface area contributed by atoms with Gasteiger partial charge in [0.25, 0.3) is 5.91 Å². The van der Waals surface area contributed by atoms with Crippen LogP contribution in [-0.2, 0) is 22.7 Å². The van der Waals surface area contributed by atoms with Gasteiger partial charge in [-0.15, -0.1) is 0 Å². The van der Waals surface area contributed by atoms with Crippen LogP contribution < -0.4 is 14.8 Å². The Bertz CT molecular complexity index is 1440. The summed E-state index contributed by atoms with van der Waals surface area (Å²) in [6, 6.07) is 11.4. The number of carboxylic acids is 1. The smallest absolute Gasteiger partial charge is 0.373 e. The Morgan fingerprint density at radius 2 is 1.84 bits per heavy atom. The molecule has 3 aromatic rings. The molecule has 1 fully saturated rings. The fraction of sp³-hybridized carbons (Fsp3) is 0.154. The molecule has 2 heterocycles.